The molecular weight excluding hydrogens is 214 g/mol. The second-order valence-electron chi connectivity index (χ2n) is 4.84. The first kappa shape index (κ1) is 11.0. The summed E-state index contributed by atoms with van der Waals surface area (Å²) in [6.07, 6.45) is 0.386. The number of hydrogen-bond acceptors (Lipinski definition) is 4. The van der Waals surface area contributed by atoms with E-state index in [0.29, 0.717) is 6.10 Å². The van der Waals surface area contributed by atoms with E-state index in [0.717, 1.165) is 38.5 Å². The van der Waals surface area contributed by atoms with Crippen LogP contribution in [0, 0.1) is 0 Å². The van der Waals surface area contributed by atoms with Crippen LogP contribution in [0.4, 0.5) is 5.82 Å². The lowest BCUT2D eigenvalue weighted by atomic mass is 10.1. The number of hydrogen-bond donors (Lipinski definition) is 0. The van der Waals surface area contributed by atoms with Crippen LogP contribution < -0.4 is 4.90 Å². The Balaban J connectivity index is 1.73. The summed E-state index contributed by atoms with van der Waals surface area (Å²) >= 11 is 0. The molecule has 3 heterocycles. The first-order chi connectivity index (χ1) is 8.30. The van der Waals surface area contributed by atoms with E-state index in [9.17, 15) is 0 Å². The Labute approximate surface area is 102 Å². The summed E-state index contributed by atoms with van der Waals surface area (Å²) in [5, 5.41) is 0. The Hall–Kier alpha value is -1.13. The summed E-state index contributed by atoms with van der Waals surface area (Å²) in [7, 11) is 1.78. The topological polar surface area (TPSA) is 28.6 Å². The molecule has 0 unspecified atom stereocenters. The van der Waals surface area contributed by atoms with Gasteiger partial charge in [-0.15, -0.1) is 0 Å². The minimum Gasteiger partial charge on any atom is -0.378 e. The molecule has 2 aliphatic rings. The molecule has 0 radical (unpaired) electrons. The molecule has 92 valence electrons. The second-order valence-corrected chi connectivity index (χ2v) is 4.84. The van der Waals surface area contributed by atoms with Crippen LogP contribution >= 0.6 is 0 Å². The molecule has 0 saturated carbocycles. The number of anilines is 1. The molecule has 2 aliphatic heterocycles. The zero-order valence-electron chi connectivity index (χ0n) is 10.5. The molecular formula is C13H19N3O. The number of ether oxygens (including phenoxy) is 1. The summed E-state index contributed by atoms with van der Waals surface area (Å²) in [6, 6.07) is 4.37. The Morgan fingerprint density at radius 1 is 1.35 bits per heavy atom. The molecule has 0 spiro atoms. The van der Waals surface area contributed by atoms with E-state index in [1.54, 1.807) is 7.11 Å². The van der Waals surface area contributed by atoms with Crippen molar-refractivity contribution in [3.05, 3.63) is 23.4 Å². The highest BCUT2D eigenvalue weighted by atomic mass is 16.5. The quantitative estimate of drug-likeness (QED) is 0.785. The number of methoxy groups -OCH3 is 1. The molecule has 17 heavy (non-hydrogen) atoms. The lowest BCUT2D eigenvalue weighted by Crippen LogP contribution is -2.52. The van der Waals surface area contributed by atoms with Gasteiger partial charge in [0.05, 0.1) is 11.8 Å². The van der Waals surface area contributed by atoms with E-state index in [1.807, 2.05) is 0 Å². The third kappa shape index (κ3) is 1.91. The summed E-state index contributed by atoms with van der Waals surface area (Å²) in [4.78, 5) is 9.46. The van der Waals surface area contributed by atoms with Gasteiger partial charge in [-0.25, -0.2) is 4.98 Å². The predicted molar refractivity (Wildman–Crippen MR) is 67.0 cm³/mol. The lowest BCUT2D eigenvalue weighted by Gasteiger charge is -2.39. The van der Waals surface area contributed by atoms with Crippen molar-refractivity contribution in [3.8, 4) is 0 Å². The fourth-order valence-corrected chi connectivity index (χ4v) is 2.48. The van der Waals surface area contributed by atoms with E-state index in [-0.39, 0.29) is 0 Å². The maximum absolute atomic E-state index is 5.29. The van der Waals surface area contributed by atoms with Crippen LogP contribution in [-0.2, 0) is 17.8 Å². The highest BCUT2D eigenvalue weighted by Crippen LogP contribution is 2.26. The number of nitrogens with zero attached hydrogens (tertiary/aromatic N) is 3. The Morgan fingerprint density at radius 3 is 2.88 bits per heavy atom. The maximum atomic E-state index is 5.29. The van der Waals surface area contributed by atoms with Gasteiger partial charge in [-0.1, -0.05) is 13.0 Å². The van der Waals surface area contributed by atoms with Crippen molar-refractivity contribution < 1.29 is 4.74 Å². The van der Waals surface area contributed by atoms with Crippen molar-refractivity contribution in [1.29, 1.82) is 0 Å². The zero-order valence-corrected chi connectivity index (χ0v) is 10.5. The molecule has 1 saturated heterocycles. The molecule has 0 amide bonds. The minimum absolute atomic E-state index is 0.386. The summed E-state index contributed by atoms with van der Waals surface area (Å²) < 4.78 is 5.29. The van der Waals surface area contributed by atoms with Gasteiger partial charge in [-0.05, 0) is 18.2 Å². The number of fused-ring (bicyclic) bond motifs is 1. The van der Waals surface area contributed by atoms with Crippen molar-refractivity contribution in [2.24, 2.45) is 0 Å². The molecule has 1 fully saturated rings. The molecule has 3 rings (SSSR count). The van der Waals surface area contributed by atoms with Crippen molar-refractivity contribution in [1.82, 2.24) is 9.88 Å². The summed E-state index contributed by atoms with van der Waals surface area (Å²) in [5.41, 5.74) is 2.64. The number of aromatic nitrogens is 1. The first-order valence-corrected chi connectivity index (χ1v) is 6.29. The van der Waals surface area contributed by atoms with Gasteiger partial charge in [0, 0.05) is 33.3 Å². The van der Waals surface area contributed by atoms with Crippen molar-refractivity contribution in [2.75, 3.05) is 31.6 Å². The van der Waals surface area contributed by atoms with Crippen LogP contribution in [0.3, 0.4) is 0 Å². The summed E-state index contributed by atoms with van der Waals surface area (Å²) in [5.74, 6) is 1.11. The molecule has 0 N–H and O–H groups in total. The van der Waals surface area contributed by atoms with E-state index < -0.39 is 0 Å². The van der Waals surface area contributed by atoms with Crippen LogP contribution in [0.2, 0.25) is 0 Å². The molecule has 4 heteroatoms. The van der Waals surface area contributed by atoms with Crippen molar-refractivity contribution in [2.45, 2.75) is 26.1 Å². The Morgan fingerprint density at radius 2 is 2.18 bits per heavy atom. The second kappa shape index (κ2) is 4.27. The SMILES string of the molecule is CCN1Cc2ccc(N3CC(OC)C3)nc2C1. The van der Waals surface area contributed by atoms with Crippen LogP contribution in [0.1, 0.15) is 18.2 Å². The van der Waals surface area contributed by atoms with Gasteiger partial charge < -0.3 is 9.64 Å². The highest BCUT2D eigenvalue weighted by molar-refractivity contribution is 5.45. The largest absolute Gasteiger partial charge is 0.378 e. The predicted octanol–water partition coefficient (Wildman–Crippen LogP) is 1.25. The summed E-state index contributed by atoms with van der Waals surface area (Å²) in [6.45, 7) is 7.30. The van der Waals surface area contributed by atoms with Crippen molar-refractivity contribution >= 4 is 5.82 Å². The van der Waals surface area contributed by atoms with E-state index >= 15 is 0 Å². The molecule has 0 bridgehead atoms. The smallest absolute Gasteiger partial charge is 0.129 e. The Bertz CT molecular complexity index is 415. The van der Waals surface area contributed by atoms with E-state index in [1.165, 1.54) is 11.3 Å². The lowest BCUT2D eigenvalue weighted by molar-refractivity contribution is 0.0783. The maximum Gasteiger partial charge on any atom is 0.129 e. The molecule has 4 nitrogen and oxygen atoms in total. The fraction of sp³-hybridized carbons (Fsp3) is 0.615. The first-order valence-electron chi connectivity index (χ1n) is 6.29. The third-order valence-corrected chi connectivity index (χ3v) is 3.77. The van der Waals surface area contributed by atoms with Gasteiger partial charge in [0.25, 0.3) is 0 Å². The third-order valence-electron chi connectivity index (χ3n) is 3.77. The van der Waals surface area contributed by atoms with Gasteiger partial charge in [-0.3, -0.25) is 4.90 Å². The average molecular weight is 233 g/mol. The normalized spacial score (nSPS) is 20.5. The van der Waals surface area contributed by atoms with E-state index in [4.69, 9.17) is 9.72 Å². The molecule has 0 aliphatic carbocycles. The monoisotopic (exact) mass is 233 g/mol. The number of rotatable bonds is 3. The van der Waals surface area contributed by atoms with Crippen LogP contribution in [-0.4, -0.2) is 42.7 Å². The molecule has 0 atom stereocenters. The molecule has 1 aromatic heterocycles. The molecule has 0 aromatic carbocycles. The number of pyridine rings is 1. The highest BCUT2D eigenvalue weighted by Gasteiger charge is 2.28. The van der Waals surface area contributed by atoms with Gasteiger partial charge in [-0.2, -0.15) is 0 Å². The van der Waals surface area contributed by atoms with E-state index in [2.05, 4.69) is 28.9 Å². The zero-order chi connectivity index (χ0) is 11.8. The standard InChI is InChI=1S/C13H19N3O/c1-3-15-6-10-4-5-13(14-12(10)9-15)16-7-11(8-16)17-2/h4-5,11H,3,6-9H2,1-2H3. The van der Waals surface area contributed by atoms with Crippen LogP contribution in [0.25, 0.3) is 0 Å². The Kier molecular flexibility index (Phi) is 2.76. The van der Waals surface area contributed by atoms with Crippen LogP contribution in [0.5, 0.6) is 0 Å². The molecule has 1 aromatic rings. The van der Waals surface area contributed by atoms with Crippen LogP contribution in [0.15, 0.2) is 12.1 Å². The van der Waals surface area contributed by atoms with Gasteiger partial charge in [0.1, 0.15) is 5.82 Å². The van der Waals surface area contributed by atoms with Crippen molar-refractivity contribution in [3.63, 3.8) is 0 Å². The minimum atomic E-state index is 0.386. The average Bonchev–Trinajstić information content (AvgIpc) is 2.69. The fourth-order valence-electron chi connectivity index (χ4n) is 2.48. The van der Waals surface area contributed by atoms with Gasteiger partial charge in [0.2, 0.25) is 0 Å². The van der Waals surface area contributed by atoms with Gasteiger partial charge in [0.15, 0.2) is 0 Å². The van der Waals surface area contributed by atoms with Gasteiger partial charge >= 0.3 is 0 Å².